The summed E-state index contributed by atoms with van der Waals surface area (Å²) >= 11 is 0. The Hall–Kier alpha value is -0.590. The van der Waals surface area contributed by atoms with E-state index in [9.17, 15) is 0 Å². The van der Waals surface area contributed by atoms with Gasteiger partial charge < -0.3 is 0 Å². The lowest BCUT2D eigenvalue weighted by Crippen LogP contribution is -2.18. The van der Waals surface area contributed by atoms with Crippen molar-refractivity contribution in [2.75, 3.05) is 0 Å². The van der Waals surface area contributed by atoms with Gasteiger partial charge in [0.1, 0.15) is 0 Å². The van der Waals surface area contributed by atoms with E-state index < -0.39 is 0 Å². The van der Waals surface area contributed by atoms with Crippen molar-refractivity contribution < 1.29 is 0 Å². The van der Waals surface area contributed by atoms with Crippen LogP contribution in [0.2, 0.25) is 0 Å². The molecule has 1 nitrogen and oxygen atoms in total. The van der Waals surface area contributed by atoms with Crippen LogP contribution >= 0.6 is 0 Å². The highest BCUT2D eigenvalue weighted by Crippen LogP contribution is 2.25. The second kappa shape index (κ2) is 2.22. The van der Waals surface area contributed by atoms with E-state index in [0.29, 0.717) is 0 Å². The molecule has 0 spiro atoms. The van der Waals surface area contributed by atoms with Crippen molar-refractivity contribution in [3.05, 3.63) is 11.8 Å². The third-order valence-corrected chi connectivity index (χ3v) is 1.75. The number of hydrogen-bond donors (Lipinski definition) is 0. The van der Waals surface area contributed by atoms with Gasteiger partial charge in [0.25, 0.3) is 0 Å². The number of hydrogen-bond acceptors (Lipinski definition) is 1. The summed E-state index contributed by atoms with van der Waals surface area (Å²) in [5, 5.41) is 0. The first-order chi connectivity index (χ1) is 4.50. The largest absolute Gasteiger partial charge is 0.265 e. The van der Waals surface area contributed by atoms with E-state index in [1.165, 1.54) is 11.3 Å². The maximum Gasteiger partial charge on any atom is 0.0273 e. The predicted molar refractivity (Wildman–Crippen MR) is 45.3 cm³/mol. The standard InChI is InChI=1S/C9H15N/c1-7-5-8(10-6-7)9(2,3)4/h6H,5H2,1-4H3. The molecule has 0 aromatic heterocycles. The Labute approximate surface area is 62.9 Å². The van der Waals surface area contributed by atoms with Crippen LogP contribution in [0.15, 0.2) is 16.8 Å². The van der Waals surface area contributed by atoms with E-state index in [1.54, 1.807) is 0 Å². The molecule has 0 radical (unpaired) electrons. The van der Waals surface area contributed by atoms with Crippen molar-refractivity contribution in [2.45, 2.75) is 34.1 Å². The van der Waals surface area contributed by atoms with Gasteiger partial charge in [0, 0.05) is 23.7 Å². The van der Waals surface area contributed by atoms with Gasteiger partial charge in [-0.25, -0.2) is 0 Å². The van der Waals surface area contributed by atoms with Crippen LogP contribution in [0.3, 0.4) is 0 Å². The van der Waals surface area contributed by atoms with E-state index in [1.807, 2.05) is 6.20 Å². The first kappa shape index (κ1) is 7.52. The van der Waals surface area contributed by atoms with Gasteiger partial charge in [0.05, 0.1) is 0 Å². The fourth-order valence-electron chi connectivity index (χ4n) is 1.00. The average Bonchev–Trinajstić information content (AvgIpc) is 2.11. The van der Waals surface area contributed by atoms with Crippen molar-refractivity contribution >= 4 is 5.71 Å². The first-order valence-corrected chi connectivity index (χ1v) is 3.73. The summed E-state index contributed by atoms with van der Waals surface area (Å²) in [6, 6.07) is 0. The molecule has 1 heterocycles. The van der Waals surface area contributed by atoms with E-state index in [-0.39, 0.29) is 5.41 Å². The number of allylic oxidation sites excluding steroid dienone is 1. The van der Waals surface area contributed by atoms with Gasteiger partial charge in [-0.1, -0.05) is 20.8 Å². The molecule has 0 aromatic carbocycles. The summed E-state index contributed by atoms with van der Waals surface area (Å²) in [6.07, 6.45) is 3.05. The van der Waals surface area contributed by atoms with Crippen LogP contribution in [0.5, 0.6) is 0 Å². The molecule has 1 aliphatic heterocycles. The summed E-state index contributed by atoms with van der Waals surface area (Å²) in [5.74, 6) is 0. The highest BCUT2D eigenvalue weighted by molar-refractivity contribution is 5.93. The predicted octanol–water partition coefficient (Wildman–Crippen LogP) is 2.78. The molecule has 0 bridgehead atoms. The maximum absolute atomic E-state index is 4.34. The molecule has 10 heavy (non-hydrogen) atoms. The van der Waals surface area contributed by atoms with Gasteiger partial charge in [-0.05, 0) is 12.5 Å². The van der Waals surface area contributed by atoms with Gasteiger partial charge in [0.2, 0.25) is 0 Å². The number of aliphatic imine (C=N–C) groups is 1. The highest BCUT2D eigenvalue weighted by atomic mass is 14.8. The van der Waals surface area contributed by atoms with Crippen LogP contribution in [-0.2, 0) is 0 Å². The van der Waals surface area contributed by atoms with Crippen LogP contribution in [0.4, 0.5) is 0 Å². The molecule has 0 saturated heterocycles. The van der Waals surface area contributed by atoms with Crippen LogP contribution in [0, 0.1) is 5.41 Å². The summed E-state index contributed by atoms with van der Waals surface area (Å²) in [6.45, 7) is 8.75. The molecule has 56 valence electrons. The SMILES string of the molecule is CC1=CN=C(C(C)(C)C)C1. The molecule has 0 atom stereocenters. The summed E-state index contributed by atoms with van der Waals surface area (Å²) < 4.78 is 0. The fraction of sp³-hybridized carbons (Fsp3) is 0.667. The molecular formula is C9H15N. The molecular weight excluding hydrogens is 122 g/mol. The summed E-state index contributed by atoms with van der Waals surface area (Å²) in [4.78, 5) is 4.34. The average molecular weight is 137 g/mol. The molecule has 0 saturated carbocycles. The second-order valence-electron chi connectivity index (χ2n) is 3.98. The quantitative estimate of drug-likeness (QED) is 0.487. The van der Waals surface area contributed by atoms with Gasteiger partial charge in [-0.3, -0.25) is 4.99 Å². The number of rotatable bonds is 0. The first-order valence-electron chi connectivity index (χ1n) is 3.73. The molecule has 0 amide bonds. The molecule has 1 rings (SSSR count). The second-order valence-corrected chi connectivity index (χ2v) is 3.98. The van der Waals surface area contributed by atoms with Crippen molar-refractivity contribution in [1.29, 1.82) is 0 Å². The van der Waals surface area contributed by atoms with Gasteiger partial charge in [-0.15, -0.1) is 0 Å². The molecule has 0 unspecified atom stereocenters. The molecule has 0 N–H and O–H groups in total. The van der Waals surface area contributed by atoms with Crippen LogP contribution in [-0.4, -0.2) is 5.71 Å². The van der Waals surface area contributed by atoms with Gasteiger partial charge in [0.15, 0.2) is 0 Å². The summed E-state index contributed by atoms with van der Waals surface area (Å²) in [5.41, 5.74) is 2.95. The maximum atomic E-state index is 4.34. The van der Waals surface area contributed by atoms with Crippen LogP contribution in [0.1, 0.15) is 34.1 Å². The third kappa shape index (κ3) is 1.47. The van der Waals surface area contributed by atoms with Crippen molar-refractivity contribution in [3.8, 4) is 0 Å². The minimum absolute atomic E-state index is 0.258. The third-order valence-electron chi connectivity index (χ3n) is 1.75. The van der Waals surface area contributed by atoms with Crippen molar-refractivity contribution in [2.24, 2.45) is 10.4 Å². The Kier molecular flexibility index (Phi) is 1.67. The van der Waals surface area contributed by atoms with Gasteiger partial charge >= 0.3 is 0 Å². The van der Waals surface area contributed by atoms with Crippen molar-refractivity contribution in [3.63, 3.8) is 0 Å². The Morgan fingerprint density at radius 3 is 2.20 bits per heavy atom. The Bertz CT molecular complexity index is 191. The minimum atomic E-state index is 0.258. The lowest BCUT2D eigenvalue weighted by atomic mass is 9.87. The Balaban J connectivity index is 2.66. The lowest BCUT2D eigenvalue weighted by Gasteiger charge is -2.18. The van der Waals surface area contributed by atoms with E-state index >= 15 is 0 Å². The normalized spacial score (nSPS) is 18.8. The number of nitrogens with zero attached hydrogens (tertiary/aromatic N) is 1. The lowest BCUT2D eigenvalue weighted by molar-refractivity contribution is 0.584. The highest BCUT2D eigenvalue weighted by Gasteiger charge is 2.20. The zero-order valence-electron chi connectivity index (χ0n) is 7.23. The van der Waals surface area contributed by atoms with Crippen molar-refractivity contribution in [1.82, 2.24) is 0 Å². The van der Waals surface area contributed by atoms with Gasteiger partial charge in [-0.2, -0.15) is 0 Å². The fourth-order valence-corrected chi connectivity index (χ4v) is 1.00. The smallest absolute Gasteiger partial charge is 0.0273 e. The van der Waals surface area contributed by atoms with E-state index in [4.69, 9.17) is 0 Å². The monoisotopic (exact) mass is 137 g/mol. The zero-order valence-corrected chi connectivity index (χ0v) is 7.23. The molecule has 1 heteroatoms. The topological polar surface area (TPSA) is 12.4 Å². The molecule has 0 fully saturated rings. The molecule has 1 aliphatic rings. The van der Waals surface area contributed by atoms with Crippen LogP contribution < -0.4 is 0 Å². The molecule has 0 aliphatic carbocycles. The summed E-state index contributed by atoms with van der Waals surface area (Å²) in [7, 11) is 0. The minimum Gasteiger partial charge on any atom is -0.265 e. The van der Waals surface area contributed by atoms with Crippen LogP contribution in [0.25, 0.3) is 0 Å². The van der Waals surface area contributed by atoms with E-state index in [0.717, 1.165) is 6.42 Å². The molecule has 0 aromatic rings. The van der Waals surface area contributed by atoms with E-state index in [2.05, 4.69) is 32.7 Å². The zero-order chi connectivity index (χ0) is 7.78. The Morgan fingerprint density at radius 1 is 1.40 bits per heavy atom. The Morgan fingerprint density at radius 2 is 2.00 bits per heavy atom.